The molecule has 0 aliphatic rings. The van der Waals surface area contributed by atoms with Crippen LogP contribution in [0.5, 0.6) is 0 Å². The van der Waals surface area contributed by atoms with Crippen LogP contribution in [-0.2, 0) is 17.6 Å². The second kappa shape index (κ2) is 9.55. The van der Waals surface area contributed by atoms with Gasteiger partial charge >= 0.3 is 0 Å². The van der Waals surface area contributed by atoms with E-state index in [1.807, 2.05) is 43.4 Å². The van der Waals surface area contributed by atoms with Crippen molar-refractivity contribution in [2.24, 2.45) is 0 Å². The van der Waals surface area contributed by atoms with Crippen molar-refractivity contribution in [1.82, 2.24) is 20.3 Å². The first-order chi connectivity index (χ1) is 15.1. The molecule has 0 spiro atoms. The number of aromatic amines is 1. The average Bonchev–Trinajstić information content (AvgIpc) is 3.41. The van der Waals surface area contributed by atoms with Crippen molar-refractivity contribution in [2.45, 2.75) is 32.1 Å². The summed E-state index contributed by atoms with van der Waals surface area (Å²) in [5.41, 5.74) is 3.93. The topological polar surface area (TPSA) is 75.0 Å². The number of carbonyl (C=O) groups excluding carboxylic acids is 1. The Balaban J connectivity index is 1.19. The number of hydrogen-bond donors (Lipinski definition) is 1. The third-order valence-corrected chi connectivity index (χ3v) is 5.39. The Morgan fingerprint density at radius 1 is 1.10 bits per heavy atom. The predicted octanol–water partition coefficient (Wildman–Crippen LogP) is 4.77. The monoisotopic (exact) mass is 420 g/mol. The Morgan fingerprint density at radius 3 is 2.84 bits per heavy atom. The molecule has 0 saturated carbocycles. The summed E-state index contributed by atoms with van der Waals surface area (Å²) in [5, 5.41) is 12.2. The van der Waals surface area contributed by atoms with Gasteiger partial charge in [0.1, 0.15) is 11.5 Å². The normalized spacial score (nSPS) is 11.2. The zero-order valence-electron chi connectivity index (χ0n) is 17.5. The number of nitrogens with zero attached hydrogens (tertiary/aromatic N) is 3. The summed E-state index contributed by atoms with van der Waals surface area (Å²) in [6.07, 6.45) is 4.02. The molecule has 4 rings (SSSR count). The van der Waals surface area contributed by atoms with Gasteiger partial charge in [-0.3, -0.25) is 9.89 Å². The van der Waals surface area contributed by atoms with Gasteiger partial charge in [-0.15, -0.1) is 0 Å². The number of fused-ring (bicyclic) bond motifs is 1. The molecule has 1 amide bonds. The number of amides is 1. The fraction of sp³-hybridized carbons (Fsp3) is 0.292. The lowest BCUT2D eigenvalue weighted by molar-refractivity contribution is -0.129. The molecule has 0 atom stereocenters. The molecular weight excluding hydrogens is 395 g/mol. The smallest absolute Gasteiger partial charge is 0.228 e. The number of aromatic nitrogens is 3. The third kappa shape index (κ3) is 5.17. The highest BCUT2D eigenvalue weighted by Gasteiger charge is 2.15. The molecule has 2 heterocycles. The van der Waals surface area contributed by atoms with E-state index in [9.17, 15) is 9.18 Å². The van der Waals surface area contributed by atoms with Crippen molar-refractivity contribution in [1.29, 1.82) is 0 Å². The van der Waals surface area contributed by atoms with E-state index in [2.05, 4.69) is 15.4 Å². The van der Waals surface area contributed by atoms with Crippen molar-refractivity contribution in [3.8, 4) is 11.3 Å². The summed E-state index contributed by atoms with van der Waals surface area (Å²) in [4.78, 5) is 14.3. The Labute approximate surface area is 180 Å². The van der Waals surface area contributed by atoms with Crippen molar-refractivity contribution in [2.75, 3.05) is 13.6 Å². The van der Waals surface area contributed by atoms with Gasteiger partial charge in [-0.05, 0) is 49.6 Å². The minimum Gasteiger partial charge on any atom is -0.356 e. The molecule has 1 N–H and O–H groups in total. The van der Waals surface area contributed by atoms with Gasteiger partial charge in [0.15, 0.2) is 5.58 Å². The van der Waals surface area contributed by atoms with Gasteiger partial charge in [-0.25, -0.2) is 4.39 Å². The molecule has 0 aliphatic carbocycles. The summed E-state index contributed by atoms with van der Waals surface area (Å²) in [6, 6.07) is 16.0. The van der Waals surface area contributed by atoms with Crippen LogP contribution in [0.25, 0.3) is 22.2 Å². The van der Waals surface area contributed by atoms with E-state index in [-0.39, 0.29) is 18.1 Å². The molecular formula is C24H25FN4O2. The van der Waals surface area contributed by atoms with Gasteiger partial charge < -0.3 is 9.42 Å². The first-order valence-corrected chi connectivity index (χ1v) is 10.5. The van der Waals surface area contributed by atoms with Crippen molar-refractivity contribution < 1.29 is 13.7 Å². The SMILES string of the molecule is CN(CCCCCc1cc(-c2cccc(F)c2)n[nH]1)C(=O)Cc1noc2ccccc12. The summed E-state index contributed by atoms with van der Waals surface area (Å²) in [7, 11) is 1.82. The second-order valence-electron chi connectivity index (χ2n) is 7.72. The van der Waals surface area contributed by atoms with E-state index in [1.54, 1.807) is 11.0 Å². The molecule has 2 aromatic heterocycles. The molecule has 6 nitrogen and oxygen atoms in total. The molecule has 4 aromatic rings. The van der Waals surface area contributed by atoms with Crippen LogP contribution < -0.4 is 0 Å². The van der Waals surface area contributed by atoms with Crippen molar-refractivity contribution in [3.63, 3.8) is 0 Å². The highest BCUT2D eigenvalue weighted by molar-refractivity contribution is 5.86. The molecule has 0 unspecified atom stereocenters. The van der Waals surface area contributed by atoms with Crippen LogP contribution in [0, 0.1) is 5.82 Å². The van der Waals surface area contributed by atoms with E-state index < -0.39 is 0 Å². The lowest BCUT2D eigenvalue weighted by Crippen LogP contribution is -2.29. The Hall–Kier alpha value is -3.48. The maximum absolute atomic E-state index is 13.4. The van der Waals surface area contributed by atoms with Gasteiger partial charge in [0.25, 0.3) is 0 Å². The van der Waals surface area contributed by atoms with E-state index in [0.29, 0.717) is 17.8 Å². The molecule has 160 valence electrons. The quantitative estimate of drug-likeness (QED) is 0.396. The van der Waals surface area contributed by atoms with Gasteiger partial charge in [0.2, 0.25) is 5.91 Å². The first-order valence-electron chi connectivity index (χ1n) is 10.5. The lowest BCUT2D eigenvalue weighted by atomic mass is 10.1. The van der Waals surface area contributed by atoms with Crippen molar-refractivity contribution >= 4 is 16.9 Å². The largest absolute Gasteiger partial charge is 0.356 e. The van der Waals surface area contributed by atoms with Crippen LogP contribution >= 0.6 is 0 Å². The van der Waals surface area contributed by atoms with E-state index in [0.717, 1.165) is 48.0 Å². The molecule has 0 bridgehead atoms. The number of nitrogens with one attached hydrogen (secondary N) is 1. The highest BCUT2D eigenvalue weighted by atomic mass is 19.1. The molecule has 0 fully saturated rings. The minimum atomic E-state index is -0.266. The standard InChI is InChI=1S/C24H25FN4O2/c1-29(24(30)16-22-20-11-4-5-12-23(20)31-28-22)13-6-2-3-10-19-15-21(27-26-19)17-8-7-9-18(25)14-17/h4-5,7-9,11-12,14-15H,2-3,6,10,13,16H2,1H3,(H,26,27). The molecule has 2 aromatic carbocycles. The van der Waals surface area contributed by atoms with Gasteiger partial charge in [0.05, 0.1) is 12.1 Å². The van der Waals surface area contributed by atoms with E-state index >= 15 is 0 Å². The molecule has 0 radical (unpaired) electrons. The molecule has 0 saturated heterocycles. The summed E-state index contributed by atoms with van der Waals surface area (Å²) in [6.45, 7) is 0.701. The third-order valence-electron chi connectivity index (χ3n) is 5.39. The van der Waals surface area contributed by atoms with Crippen LogP contribution in [0.2, 0.25) is 0 Å². The van der Waals surface area contributed by atoms with Crippen LogP contribution in [0.4, 0.5) is 4.39 Å². The number of likely N-dealkylation sites (N-methyl/N-ethyl adjacent to an activating group) is 1. The number of H-pyrrole nitrogens is 1. The fourth-order valence-electron chi connectivity index (χ4n) is 3.60. The van der Waals surface area contributed by atoms with E-state index in [4.69, 9.17) is 4.52 Å². The number of rotatable bonds is 9. The number of hydrogen-bond acceptors (Lipinski definition) is 4. The van der Waals surface area contributed by atoms with Crippen LogP contribution in [-0.4, -0.2) is 39.8 Å². The minimum absolute atomic E-state index is 0.0346. The number of carbonyl (C=O) groups is 1. The maximum Gasteiger partial charge on any atom is 0.228 e. The zero-order chi connectivity index (χ0) is 21.6. The number of halogens is 1. The molecule has 7 heteroatoms. The van der Waals surface area contributed by atoms with E-state index in [1.165, 1.54) is 12.1 Å². The zero-order valence-corrected chi connectivity index (χ0v) is 17.5. The Kier molecular flexibility index (Phi) is 6.40. The summed E-state index contributed by atoms with van der Waals surface area (Å²) in [5.74, 6) is -0.232. The maximum atomic E-state index is 13.4. The van der Waals surface area contributed by atoms with Gasteiger partial charge in [0, 0.05) is 30.2 Å². The molecule has 31 heavy (non-hydrogen) atoms. The average molecular weight is 420 g/mol. The summed E-state index contributed by atoms with van der Waals surface area (Å²) < 4.78 is 18.6. The first kappa shape index (κ1) is 20.8. The molecule has 0 aliphatic heterocycles. The van der Waals surface area contributed by atoms with Gasteiger partial charge in [-0.1, -0.05) is 35.8 Å². The Morgan fingerprint density at radius 2 is 1.97 bits per heavy atom. The van der Waals surface area contributed by atoms with Gasteiger partial charge in [-0.2, -0.15) is 5.10 Å². The highest BCUT2D eigenvalue weighted by Crippen LogP contribution is 2.20. The second-order valence-corrected chi connectivity index (χ2v) is 7.72. The predicted molar refractivity (Wildman–Crippen MR) is 117 cm³/mol. The summed E-state index contributed by atoms with van der Waals surface area (Å²) >= 11 is 0. The van der Waals surface area contributed by atoms with Crippen LogP contribution in [0.3, 0.4) is 0 Å². The fourth-order valence-corrected chi connectivity index (χ4v) is 3.60. The lowest BCUT2D eigenvalue weighted by Gasteiger charge is -2.16. The van der Waals surface area contributed by atoms with Crippen LogP contribution in [0.1, 0.15) is 30.7 Å². The number of para-hydroxylation sites is 1. The number of benzene rings is 2. The Bertz CT molecular complexity index is 1170. The van der Waals surface area contributed by atoms with Crippen molar-refractivity contribution in [3.05, 3.63) is 71.8 Å². The number of unbranched alkanes of at least 4 members (excludes halogenated alkanes) is 2. The number of aryl methyl sites for hydroxylation is 1. The van der Waals surface area contributed by atoms with Crippen LogP contribution in [0.15, 0.2) is 59.1 Å².